The van der Waals surface area contributed by atoms with E-state index < -0.39 is 0 Å². The molecule has 0 spiro atoms. The minimum absolute atomic E-state index is 0.114. The number of aliphatic hydroxyl groups excluding tert-OH is 1. The van der Waals surface area contributed by atoms with Crippen molar-refractivity contribution in [3.05, 3.63) is 0 Å². The molecule has 16 heavy (non-hydrogen) atoms. The lowest BCUT2D eigenvalue weighted by molar-refractivity contribution is -0.124. The molecule has 0 aromatic heterocycles. The van der Waals surface area contributed by atoms with Gasteiger partial charge in [0, 0.05) is 18.1 Å². The fourth-order valence-corrected chi connectivity index (χ4v) is 3.04. The Balaban J connectivity index is 1.89. The zero-order valence-electron chi connectivity index (χ0n) is 10.1. The quantitative estimate of drug-likeness (QED) is 0.737. The van der Waals surface area contributed by atoms with E-state index in [4.69, 9.17) is 0 Å². The predicted molar refractivity (Wildman–Crippen MR) is 62.0 cm³/mol. The third kappa shape index (κ3) is 2.55. The van der Waals surface area contributed by atoms with E-state index in [1.807, 2.05) is 13.8 Å². The summed E-state index contributed by atoms with van der Waals surface area (Å²) in [6, 6.07) is 1.05. The summed E-state index contributed by atoms with van der Waals surface area (Å²) in [6.07, 6.45) is 3.80. The fourth-order valence-electron chi connectivity index (χ4n) is 3.04. The maximum Gasteiger partial charge on any atom is 0.234 e. The zero-order valence-corrected chi connectivity index (χ0v) is 10.1. The van der Waals surface area contributed by atoms with Gasteiger partial charge in [-0.15, -0.1) is 0 Å². The Bertz CT molecular complexity index is 254. The van der Waals surface area contributed by atoms with E-state index in [0.29, 0.717) is 18.6 Å². The molecule has 2 atom stereocenters. The lowest BCUT2D eigenvalue weighted by Crippen LogP contribution is -2.49. The smallest absolute Gasteiger partial charge is 0.234 e. The molecule has 2 bridgehead atoms. The second-order valence-corrected chi connectivity index (χ2v) is 5.40. The van der Waals surface area contributed by atoms with Crippen LogP contribution in [0.25, 0.3) is 0 Å². The Labute approximate surface area is 97.0 Å². The number of rotatable bonds is 3. The van der Waals surface area contributed by atoms with E-state index in [9.17, 15) is 9.90 Å². The van der Waals surface area contributed by atoms with Crippen LogP contribution in [0.1, 0.15) is 39.5 Å². The maximum atomic E-state index is 11.7. The van der Waals surface area contributed by atoms with Gasteiger partial charge in [0.1, 0.15) is 0 Å². The van der Waals surface area contributed by atoms with Crippen LogP contribution in [0.15, 0.2) is 0 Å². The summed E-state index contributed by atoms with van der Waals surface area (Å²) in [5.41, 5.74) is 0. The number of fused-ring (bicyclic) bond motifs is 2. The van der Waals surface area contributed by atoms with Crippen molar-refractivity contribution in [2.24, 2.45) is 0 Å². The molecule has 4 nitrogen and oxygen atoms in total. The molecule has 0 aromatic rings. The lowest BCUT2D eigenvalue weighted by Gasteiger charge is -2.36. The summed E-state index contributed by atoms with van der Waals surface area (Å²) in [5, 5.41) is 12.6. The first-order valence-corrected chi connectivity index (χ1v) is 6.29. The Morgan fingerprint density at radius 1 is 1.38 bits per heavy atom. The second-order valence-electron chi connectivity index (χ2n) is 5.40. The first-order valence-electron chi connectivity index (χ1n) is 6.29. The van der Waals surface area contributed by atoms with E-state index >= 15 is 0 Å². The third-order valence-corrected chi connectivity index (χ3v) is 3.64. The number of hydrogen-bond acceptors (Lipinski definition) is 3. The van der Waals surface area contributed by atoms with Crippen molar-refractivity contribution in [3.8, 4) is 0 Å². The van der Waals surface area contributed by atoms with Crippen LogP contribution >= 0.6 is 0 Å². The van der Waals surface area contributed by atoms with Crippen LogP contribution in [0.5, 0.6) is 0 Å². The van der Waals surface area contributed by atoms with Crippen molar-refractivity contribution in [2.45, 2.75) is 63.8 Å². The molecule has 2 aliphatic heterocycles. The van der Waals surface area contributed by atoms with Crippen LogP contribution in [0.2, 0.25) is 0 Å². The number of nitrogens with zero attached hydrogens (tertiary/aromatic N) is 1. The van der Waals surface area contributed by atoms with Crippen LogP contribution in [-0.2, 0) is 4.79 Å². The summed E-state index contributed by atoms with van der Waals surface area (Å²) in [7, 11) is 0. The normalized spacial score (nSPS) is 34.4. The van der Waals surface area contributed by atoms with Gasteiger partial charge < -0.3 is 10.4 Å². The average Bonchev–Trinajstić information content (AvgIpc) is 2.43. The van der Waals surface area contributed by atoms with Crippen molar-refractivity contribution < 1.29 is 9.90 Å². The van der Waals surface area contributed by atoms with Gasteiger partial charge in [0.2, 0.25) is 5.91 Å². The van der Waals surface area contributed by atoms with Crippen molar-refractivity contribution in [1.82, 2.24) is 10.2 Å². The van der Waals surface area contributed by atoms with Crippen LogP contribution < -0.4 is 5.32 Å². The number of nitrogens with one attached hydrogen (secondary N) is 1. The summed E-state index contributed by atoms with van der Waals surface area (Å²) < 4.78 is 0. The Hall–Kier alpha value is -0.610. The lowest BCUT2D eigenvalue weighted by atomic mass is 10.00. The molecule has 2 fully saturated rings. The topological polar surface area (TPSA) is 52.6 Å². The predicted octanol–water partition coefficient (Wildman–Crippen LogP) is 0.499. The van der Waals surface area contributed by atoms with Crippen molar-refractivity contribution in [3.63, 3.8) is 0 Å². The average molecular weight is 226 g/mol. The standard InChI is InChI=1S/C12H22N2O2/c1-8(2)13-12(16)7-14-9-3-4-10(14)6-11(15)5-9/h8-11,15H,3-7H2,1-2H3,(H,13,16). The van der Waals surface area contributed by atoms with Gasteiger partial charge in [0.25, 0.3) is 0 Å². The monoisotopic (exact) mass is 226 g/mol. The molecule has 0 saturated carbocycles. The minimum Gasteiger partial charge on any atom is -0.393 e. The van der Waals surface area contributed by atoms with Gasteiger partial charge in [-0.05, 0) is 39.5 Å². The molecule has 2 saturated heterocycles. The number of carbonyl (C=O) groups is 1. The number of piperidine rings is 1. The van der Waals surface area contributed by atoms with E-state index in [2.05, 4.69) is 10.2 Å². The van der Waals surface area contributed by atoms with Gasteiger partial charge in [0.15, 0.2) is 0 Å². The van der Waals surface area contributed by atoms with Crippen molar-refractivity contribution in [2.75, 3.05) is 6.54 Å². The molecule has 2 rings (SSSR count). The Morgan fingerprint density at radius 2 is 1.94 bits per heavy atom. The SMILES string of the molecule is CC(C)NC(=O)CN1C2CCC1CC(O)C2. The summed E-state index contributed by atoms with van der Waals surface area (Å²) in [5.74, 6) is 0.114. The molecule has 0 radical (unpaired) electrons. The van der Waals surface area contributed by atoms with Gasteiger partial charge in [-0.3, -0.25) is 9.69 Å². The molecule has 1 amide bonds. The fraction of sp³-hybridized carbons (Fsp3) is 0.917. The van der Waals surface area contributed by atoms with E-state index in [1.54, 1.807) is 0 Å². The minimum atomic E-state index is -0.151. The molecular formula is C12H22N2O2. The van der Waals surface area contributed by atoms with E-state index in [0.717, 1.165) is 25.7 Å². The highest BCUT2D eigenvalue weighted by molar-refractivity contribution is 5.78. The first-order chi connectivity index (χ1) is 7.56. The highest BCUT2D eigenvalue weighted by Gasteiger charge is 2.40. The summed E-state index contributed by atoms with van der Waals surface area (Å²) in [4.78, 5) is 14.0. The van der Waals surface area contributed by atoms with Crippen molar-refractivity contribution in [1.29, 1.82) is 0 Å². The molecule has 92 valence electrons. The number of carbonyl (C=O) groups excluding carboxylic acids is 1. The molecule has 2 heterocycles. The number of hydrogen-bond donors (Lipinski definition) is 2. The molecule has 2 aliphatic rings. The third-order valence-electron chi connectivity index (χ3n) is 3.64. The molecular weight excluding hydrogens is 204 g/mol. The van der Waals surface area contributed by atoms with Gasteiger partial charge >= 0.3 is 0 Å². The van der Waals surface area contributed by atoms with Crippen LogP contribution in [0, 0.1) is 0 Å². The van der Waals surface area contributed by atoms with Gasteiger partial charge in [-0.2, -0.15) is 0 Å². The highest BCUT2D eigenvalue weighted by atomic mass is 16.3. The van der Waals surface area contributed by atoms with Gasteiger partial charge in [-0.25, -0.2) is 0 Å². The maximum absolute atomic E-state index is 11.7. The van der Waals surface area contributed by atoms with E-state index in [1.165, 1.54) is 0 Å². The largest absolute Gasteiger partial charge is 0.393 e. The molecule has 2 unspecified atom stereocenters. The number of amides is 1. The van der Waals surface area contributed by atoms with Crippen LogP contribution in [0.3, 0.4) is 0 Å². The molecule has 0 aliphatic carbocycles. The van der Waals surface area contributed by atoms with Crippen LogP contribution in [-0.4, -0.2) is 46.7 Å². The second kappa shape index (κ2) is 4.72. The summed E-state index contributed by atoms with van der Waals surface area (Å²) in [6.45, 7) is 4.46. The van der Waals surface area contributed by atoms with Gasteiger partial charge in [-0.1, -0.05) is 0 Å². The van der Waals surface area contributed by atoms with Crippen LogP contribution in [0.4, 0.5) is 0 Å². The molecule has 2 N–H and O–H groups in total. The highest BCUT2D eigenvalue weighted by Crippen LogP contribution is 2.35. The Morgan fingerprint density at radius 3 is 2.44 bits per heavy atom. The van der Waals surface area contributed by atoms with E-state index in [-0.39, 0.29) is 18.1 Å². The van der Waals surface area contributed by atoms with Crippen molar-refractivity contribution >= 4 is 5.91 Å². The number of aliphatic hydroxyl groups is 1. The molecule has 0 aromatic carbocycles. The molecule has 4 heteroatoms. The summed E-state index contributed by atoms with van der Waals surface area (Å²) >= 11 is 0. The zero-order chi connectivity index (χ0) is 11.7. The Kier molecular flexibility index (Phi) is 3.50. The first kappa shape index (κ1) is 11.9. The van der Waals surface area contributed by atoms with Gasteiger partial charge in [0.05, 0.1) is 12.6 Å².